The van der Waals surface area contributed by atoms with Crippen LogP contribution in [0, 0.1) is 0 Å². The fourth-order valence-corrected chi connectivity index (χ4v) is 2.35. The van der Waals surface area contributed by atoms with Gasteiger partial charge in [0.05, 0.1) is 18.4 Å². The lowest BCUT2D eigenvalue weighted by Crippen LogP contribution is -2.38. The van der Waals surface area contributed by atoms with Crippen LogP contribution >= 0.6 is 0 Å². The zero-order valence-electron chi connectivity index (χ0n) is 12.0. The molecule has 0 radical (unpaired) electrons. The van der Waals surface area contributed by atoms with Gasteiger partial charge in [-0.25, -0.2) is 4.79 Å². The zero-order valence-corrected chi connectivity index (χ0v) is 12.0. The van der Waals surface area contributed by atoms with Crippen molar-refractivity contribution in [1.82, 2.24) is 0 Å². The van der Waals surface area contributed by atoms with E-state index in [9.17, 15) is 9.59 Å². The standard InChI is InChI=1S/C17H15NO4/c1-21-17(20)12-7-8-13-14(10-12)22-15(16(19)18-13)9-11-5-3-2-4-6-11/h2-8,10,15H,9H2,1H3,(H,18,19)/t15-/m1/s1. The molecule has 5 heteroatoms. The number of carbonyl (C=O) groups excluding carboxylic acids is 2. The van der Waals surface area contributed by atoms with E-state index in [0.717, 1.165) is 5.56 Å². The van der Waals surface area contributed by atoms with Crippen molar-refractivity contribution in [2.24, 2.45) is 0 Å². The van der Waals surface area contributed by atoms with E-state index < -0.39 is 12.1 Å². The highest BCUT2D eigenvalue weighted by molar-refractivity contribution is 5.99. The zero-order chi connectivity index (χ0) is 15.5. The molecule has 22 heavy (non-hydrogen) atoms. The molecular formula is C17H15NO4. The molecule has 5 nitrogen and oxygen atoms in total. The van der Waals surface area contributed by atoms with Crippen LogP contribution in [0.1, 0.15) is 15.9 Å². The Bertz CT molecular complexity index is 712. The molecule has 0 unspecified atom stereocenters. The van der Waals surface area contributed by atoms with Crippen molar-refractivity contribution in [3.63, 3.8) is 0 Å². The van der Waals surface area contributed by atoms with E-state index in [2.05, 4.69) is 10.1 Å². The number of fused-ring (bicyclic) bond motifs is 1. The molecule has 0 bridgehead atoms. The minimum absolute atomic E-state index is 0.192. The summed E-state index contributed by atoms with van der Waals surface area (Å²) in [6.45, 7) is 0. The molecule has 1 aliphatic rings. The molecule has 1 heterocycles. The number of ether oxygens (including phenoxy) is 2. The van der Waals surface area contributed by atoms with Crippen molar-refractivity contribution in [2.45, 2.75) is 12.5 Å². The molecule has 2 aromatic rings. The van der Waals surface area contributed by atoms with Gasteiger partial charge in [0.15, 0.2) is 6.10 Å². The van der Waals surface area contributed by atoms with Gasteiger partial charge in [-0.2, -0.15) is 0 Å². The summed E-state index contributed by atoms with van der Waals surface area (Å²) >= 11 is 0. The van der Waals surface area contributed by atoms with Gasteiger partial charge in [0.2, 0.25) is 0 Å². The minimum atomic E-state index is -0.622. The summed E-state index contributed by atoms with van der Waals surface area (Å²) in [5.41, 5.74) is 1.95. The van der Waals surface area contributed by atoms with Crippen molar-refractivity contribution in [3.05, 3.63) is 59.7 Å². The summed E-state index contributed by atoms with van der Waals surface area (Å²) in [4.78, 5) is 23.7. The van der Waals surface area contributed by atoms with Crippen LogP contribution in [0.15, 0.2) is 48.5 Å². The van der Waals surface area contributed by atoms with Crippen LogP contribution in [0.5, 0.6) is 5.75 Å². The Balaban J connectivity index is 1.83. The van der Waals surface area contributed by atoms with Gasteiger partial charge in [-0.05, 0) is 23.8 Å². The van der Waals surface area contributed by atoms with Gasteiger partial charge < -0.3 is 14.8 Å². The average molecular weight is 297 g/mol. The molecule has 3 rings (SSSR count). The Morgan fingerprint density at radius 1 is 1.23 bits per heavy atom. The predicted molar refractivity (Wildman–Crippen MR) is 81.0 cm³/mol. The van der Waals surface area contributed by atoms with Crippen LogP contribution in [0.3, 0.4) is 0 Å². The number of hydrogen-bond acceptors (Lipinski definition) is 4. The molecule has 0 saturated heterocycles. The number of carbonyl (C=O) groups is 2. The van der Waals surface area contributed by atoms with E-state index in [0.29, 0.717) is 23.4 Å². The van der Waals surface area contributed by atoms with Gasteiger partial charge in [-0.15, -0.1) is 0 Å². The molecular weight excluding hydrogens is 282 g/mol. The number of anilines is 1. The van der Waals surface area contributed by atoms with E-state index in [1.165, 1.54) is 7.11 Å². The lowest BCUT2D eigenvalue weighted by atomic mass is 10.1. The van der Waals surface area contributed by atoms with Crippen molar-refractivity contribution in [1.29, 1.82) is 0 Å². The maximum atomic E-state index is 12.1. The molecule has 0 spiro atoms. The summed E-state index contributed by atoms with van der Waals surface area (Å²) < 4.78 is 10.5. The van der Waals surface area contributed by atoms with Crippen LogP contribution in [0.2, 0.25) is 0 Å². The van der Waals surface area contributed by atoms with Crippen LogP contribution in [-0.4, -0.2) is 25.1 Å². The Hall–Kier alpha value is -2.82. The third-order valence-electron chi connectivity index (χ3n) is 3.49. The maximum Gasteiger partial charge on any atom is 0.337 e. The Labute approximate surface area is 127 Å². The number of rotatable bonds is 3. The smallest absolute Gasteiger partial charge is 0.337 e. The molecule has 2 aromatic carbocycles. The number of methoxy groups -OCH3 is 1. The molecule has 0 fully saturated rings. The largest absolute Gasteiger partial charge is 0.478 e. The molecule has 0 aliphatic carbocycles. The van der Waals surface area contributed by atoms with Gasteiger partial charge in [0.1, 0.15) is 5.75 Å². The van der Waals surface area contributed by atoms with Gasteiger partial charge >= 0.3 is 5.97 Å². The van der Waals surface area contributed by atoms with Gasteiger partial charge in [-0.1, -0.05) is 30.3 Å². The summed E-state index contributed by atoms with van der Waals surface area (Å²) in [6.07, 6.45) is -0.156. The predicted octanol–water partition coefficient (Wildman–Crippen LogP) is 2.42. The van der Waals surface area contributed by atoms with Crippen LogP contribution in [0.25, 0.3) is 0 Å². The molecule has 1 amide bonds. The highest BCUT2D eigenvalue weighted by atomic mass is 16.5. The lowest BCUT2D eigenvalue weighted by Gasteiger charge is -2.26. The van der Waals surface area contributed by atoms with E-state index >= 15 is 0 Å². The molecule has 1 atom stereocenters. The normalized spacial score (nSPS) is 16.2. The number of amides is 1. The van der Waals surface area contributed by atoms with E-state index in [1.807, 2.05) is 30.3 Å². The highest BCUT2D eigenvalue weighted by Gasteiger charge is 2.28. The van der Waals surface area contributed by atoms with Gasteiger partial charge in [0.25, 0.3) is 5.91 Å². The lowest BCUT2D eigenvalue weighted by molar-refractivity contribution is -0.123. The first kappa shape index (κ1) is 14.1. The molecule has 1 N–H and O–H groups in total. The fourth-order valence-electron chi connectivity index (χ4n) is 2.35. The van der Waals surface area contributed by atoms with E-state index in [1.54, 1.807) is 18.2 Å². The quantitative estimate of drug-likeness (QED) is 0.884. The van der Waals surface area contributed by atoms with E-state index in [-0.39, 0.29) is 5.91 Å². The van der Waals surface area contributed by atoms with E-state index in [4.69, 9.17) is 4.74 Å². The Kier molecular flexibility index (Phi) is 3.78. The van der Waals surface area contributed by atoms with Crippen LogP contribution in [0.4, 0.5) is 5.69 Å². The van der Waals surface area contributed by atoms with Gasteiger partial charge in [0, 0.05) is 6.42 Å². The highest BCUT2D eigenvalue weighted by Crippen LogP contribution is 2.31. The number of esters is 1. The van der Waals surface area contributed by atoms with Crippen molar-refractivity contribution < 1.29 is 19.1 Å². The topological polar surface area (TPSA) is 64.6 Å². The number of hydrogen-bond donors (Lipinski definition) is 1. The first-order chi connectivity index (χ1) is 10.7. The number of benzene rings is 2. The summed E-state index contributed by atoms with van der Waals surface area (Å²) in [7, 11) is 1.32. The van der Waals surface area contributed by atoms with Crippen molar-refractivity contribution >= 4 is 17.6 Å². The average Bonchev–Trinajstić information content (AvgIpc) is 2.55. The molecule has 0 aromatic heterocycles. The first-order valence-electron chi connectivity index (χ1n) is 6.91. The third-order valence-corrected chi connectivity index (χ3v) is 3.49. The third kappa shape index (κ3) is 2.79. The van der Waals surface area contributed by atoms with Crippen LogP contribution < -0.4 is 10.1 Å². The second kappa shape index (κ2) is 5.89. The number of nitrogens with one attached hydrogen (secondary N) is 1. The minimum Gasteiger partial charge on any atom is -0.478 e. The second-order valence-corrected chi connectivity index (χ2v) is 4.99. The fraction of sp³-hybridized carbons (Fsp3) is 0.176. The second-order valence-electron chi connectivity index (χ2n) is 4.99. The molecule has 1 aliphatic heterocycles. The summed E-state index contributed by atoms with van der Waals surface area (Å²) in [5, 5.41) is 2.80. The van der Waals surface area contributed by atoms with Crippen molar-refractivity contribution in [3.8, 4) is 5.75 Å². The summed E-state index contributed by atoms with van der Waals surface area (Å²) in [5.74, 6) is -0.159. The maximum absolute atomic E-state index is 12.1. The van der Waals surface area contributed by atoms with Crippen LogP contribution in [-0.2, 0) is 16.0 Å². The Morgan fingerprint density at radius 2 is 2.00 bits per heavy atom. The SMILES string of the molecule is COC(=O)c1ccc2c(c1)O[C@H](Cc1ccccc1)C(=O)N2. The Morgan fingerprint density at radius 3 is 2.73 bits per heavy atom. The van der Waals surface area contributed by atoms with Gasteiger partial charge in [-0.3, -0.25) is 4.79 Å². The summed E-state index contributed by atoms with van der Waals surface area (Å²) in [6, 6.07) is 14.4. The first-order valence-corrected chi connectivity index (χ1v) is 6.91. The van der Waals surface area contributed by atoms with Crippen molar-refractivity contribution in [2.75, 3.05) is 12.4 Å². The molecule has 112 valence electrons. The molecule has 0 saturated carbocycles. The monoisotopic (exact) mass is 297 g/mol.